The third kappa shape index (κ3) is 2.22. The molecule has 0 radical (unpaired) electrons. The summed E-state index contributed by atoms with van der Waals surface area (Å²) in [5, 5.41) is 4.11. The van der Waals surface area contributed by atoms with Gasteiger partial charge in [-0.2, -0.15) is 0 Å². The molecule has 0 spiro atoms. The van der Waals surface area contributed by atoms with Crippen molar-refractivity contribution >= 4 is 0 Å². The van der Waals surface area contributed by atoms with Crippen molar-refractivity contribution in [2.45, 2.75) is 0 Å². The van der Waals surface area contributed by atoms with Crippen molar-refractivity contribution in [3.8, 4) is 28.3 Å². The summed E-state index contributed by atoms with van der Waals surface area (Å²) in [6.07, 6.45) is 0. The van der Waals surface area contributed by atoms with Crippen LogP contribution in [0.15, 0.2) is 65.2 Å². The Hall–Kier alpha value is -2.55. The van der Waals surface area contributed by atoms with Gasteiger partial charge < -0.3 is 9.26 Å². The second kappa shape index (κ2) is 4.98. The van der Waals surface area contributed by atoms with Crippen molar-refractivity contribution < 1.29 is 9.26 Å². The molecule has 0 bridgehead atoms. The molecule has 0 aliphatic carbocycles. The van der Waals surface area contributed by atoms with Crippen LogP contribution in [0.3, 0.4) is 0 Å². The molecule has 0 N–H and O–H groups in total. The maximum atomic E-state index is 5.42. The van der Waals surface area contributed by atoms with Gasteiger partial charge in [-0.25, -0.2) is 0 Å². The molecule has 0 saturated heterocycles. The minimum Gasteiger partial charge on any atom is -0.496 e. The normalized spacial score (nSPS) is 10.4. The zero-order valence-electron chi connectivity index (χ0n) is 10.5. The smallest absolute Gasteiger partial charge is 0.171 e. The Bertz CT molecular complexity index is 674. The average molecular weight is 251 g/mol. The van der Waals surface area contributed by atoms with Gasteiger partial charge in [0.1, 0.15) is 11.4 Å². The van der Waals surface area contributed by atoms with Crippen molar-refractivity contribution in [1.29, 1.82) is 0 Å². The molecule has 0 unspecified atom stereocenters. The quantitative estimate of drug-likeness (QED) is 0.705. The molecule has 0 aliphatic heterocycles. The van der Waals surface area contributed by atoms with E-state index in [-0.39, 0.29) is 0 Å². The molecule has 3 heteroatoms. The predicted octanol–water partition coefficient (Wildman–Crippen LogP) is 4.02. The maximum Gasteiger partial charge on any atom is 0.171 e. The summed E-state index contributed by atoms with van der Waals surface area (Å²) in [5.41, 5.74) is 2.76. The lowest BCUT2D eigenvalue weighted by atomic mass is 10.1. The number of ether oxygens (including phenoxy) is 1. The van der Waals surface area contributed by atoms with Crippen molar-refractivity contribution in [2.24, 2.45) is 0 Å². The fraction of sp³-hybridized carbons (Fsp3) is 0.0625. The van der Waals surface area contributed by atoms with Crippen LogP contribution >= 0.6 is 0 Å². The molecule has 0 saturated carbocycles. The zero-order valence-corrected chi connectivity index (χ0v) is 10.5. The lowest BCUT2D eigenvalue weighted by molar-refractivity contribution is 0.407. The van der Waals surface area contributed by atoms with Gasteiger partial charge in [0, 0.05) is 11.6 Å². The molecular weight excluding hydrogens is 238 g/mol. The SMILES string of the molecule is COc1ccccc1-c1cc(-c2ccccc2)no1. The Morgan fingerprint density at radius 3 is 2.47 bits per heavy atom. The molecule has 1 aromatic heterocycles. The van der Waals surface area contributed by atoms with Crippen LogP contribution in [0.2, 0.25) is 0 Å². The van der Waals surface area contributed by atoms with Gasteiger partial charge in [0.2, 0.25) is 0 Å². The van der Waals surface area contributed by atoms with E-state index in [1.807, 2.05) is 60.7 Å². The second-order valence-corrected chi connectivity index (χ2v) is 4.14. The van der Waals surface area contributed by atoms with Gasteiger partial charge in [0.15, 0.2) is 5.76 Å². The van der Waals surface area contributed by atoms with E-state index < -0.39 is 0 Å². The minimum atomic E-state index is 0.705. The number of nitrogens with zero attached hydrogens (tertiary/aromatic N) is 1. The number of para-hydroxylation sites is 1. The molecule has 0 atom stereocenters. The average Bonchev–Trinajstić information content (AvgIpc) is 2.98. The summed E-state index contributed by atoms with van der Waals surface area (Å²) in [6, 6.07) is 19.6. The monoisotopic (exact) mass is 251 g/mol. The van der Waals surface area contributed by atoms with Crippen LogP contribution < -0.4 is 4.74 Å². The molecule has 3 rings (SSSR count). The molecule has 3 nitrogen and oxygen atoms in total. The first-order chi connectivity index (χ1) is 9.38. The van der Waals surface area contributed by atoms with E-state index in [2.05, 4.69) is 5.16 Å². The number of aromatic nitrogens is 1. The highest BCUT2D eigenvalue weighted by molar-refractivity contribution is 5.70. The first-order valence-electron chi connectivity index (χ1n) is 6.04. The fourth-order valence-corrected chi connectivity index (χ4v) is 2.00. The van der Waals surface area contributed by atoms with E-state index in [1.165, 1.54) is 0 Å². The summed E-state index contributed by atoms with van der Waals surface area (Å²) < 4.78 is 10.7. The van der Waals surface area contributed by atoms with E-state index in [0.29, 0.717) is 5.76 Å². The Morgan fingerprint density at radius 1 is 0.947 bits per heavy atom. The van der Waals surface area contributed by atoms with Crippen molar-refractivity contribution in [3.05, 3.63) is 60.7 Å². The van der Waals surface area contributed by atoms with Crippen LogP contribution in [0.1, 0.15) is 0 Å². The first-order valence-corrected chi connectivity index (χ1v) is 6.04. The molecule has 0 amide bonds. The van der Waals surface area contributed by atoms with E-state index in [4.69, 9.17) is 9.26 Å². The van der Waals surface area contributed by atoms with Gasteiger partial charge in [-0.3, -0.25) is 0 Å². The largest absolute Gasteiger partial charge is 0.496 e. The Morgan fingerprint density at radius 2 is 1.68 bits per heavy atom. The van der Waals surface area contributed by atoms with Crippen LogP contribution in [-0.4, -0.2) is 12.3 Å². The van der Waals surface area contributed by atoms with Crippen molar-refractivity contribution in [2.75, 3.05) is 7.11 Å². The maximum absolute atomic E-state index is 5.42. The number of hydrogen-bond donors (Lipinski definition) is 0. The minimum absolute atomic E-state index is 0.705. The highest BCUT2D eigenvalue weighted by atomic mass is 16.5. The summed E-state index contributed by atoms with van der Waals surface area (Å²) in [7, 11) is 1.65. The molecule has 19 heavy (non-hydrogen) atoms. The molecule has 94 valence electrons. The Balaban J connectivity index is 2.02. The van der Waals surface area contributed by atoms with Gasteiger partial charge >= 0.3 is 0 Å². The second-order valence-electron chi connectivity index (χ2n) is 4.14. The highest BCUT2D eigenvalue weighted by Gasteiger charge is 2.11. The standard InChI is InChI=1S/C16H13NO2/c1-18-15-10-6-5-9-13(15)16-11-14(17-19-16)12-7-3-2-4-8-12/h2-11H,1H3. The van der Waals surface area contributed by atoms with Crippen LogP contribution in [0.25, 0.3) is 22.6 Å². The van der Waals surface area contributed by atoms with Gasteiger partial charge in [-0.15, -0.1) is 0 Å². The van der Waals surface area contributed by atoms with Gasteiger partial charge in [0.05, 0.1) is 12.7 Å². The predicted molar refractivity (Wildman–Crippen MR) is 73.9 cm³/mol. The molecule has 2 aromatic carbocycles. The van der Waals surface area contributed by atoms with Crippen molar-refractivity contribution in [3.63, 3.8) is 0 Å². The fourth-order valence-electron chi connectivity index (χ4n) is 2.00. The highest BCUT2D eigenvalue weighted by Crippen LogP contribution is 2.32. The lowest BCUT2D eigenvalue weighted by Crippen LogP contribution is -1.85. The molecule has 3 aromatic rings. The van der Waals surface area contributed by atoms with E-state index >= 15 is 0 Å². The van der Waals surface area contributed by atoms with Crippen LogP contribution in [0, 0.1) is 0 Å². The Labute approximate surface area is 111 Å². The molecule has 1 heterocycles. The van der Waals surface area contributed by atoms with E-state index in [1.54, 1.807) is 7.11 Å². The lowest BCUT2D eigenvalue weighted by Gasteiger charge is -2.03. The molecule has 0 aliphatic rings. The zero-order chi connectivity index (χ0) is 13.1. The third-order valence-electron chi connectivity index (χ3n) is 2.95. The number of hydrogen-bond acceptors (Lipinski definition) is 3. The van der Waals surface area contributed by atoms with Gasteiger partial charge in [0.25, 0.3) is 0 Å². The summed E-state index contributed by atoms with van der Waals surface area (Å²) in [6.45, 7) is 0. The van der Waals surface area contributed by atoms with Crippen molar-refractivity contribution in [1.82, 2.24) is 5.16 Å². The van der Waals surface area contributed by atoms with Crippen LogP contribution in [0.4, 0.5) is 0 Å². The number of methoxy groups -OCH3 is 1. The number of rotatable bonds is 3. The molecular formula is C16H13NO2. The van der Waals surface area contributed by atoms with E-state index in [0.717, 1.165) is 22.6 Å². The summed E-state index contributed by atoms with van der Waals surface area (Å²) >= 11 is 0. The van der Waals surface area contributed by atoms with Gasteiger partial charge in [-0.05, 0) is 12.1 Å². The summed E-state index contributed by atoms with van der Waals surface area (Å²) in [5.74, 6) is 1.48. The van der Waals surface area contributed by atoms with Crippen LogP contribution in [0.5, 0.6) is 5.75 Å². The third-order valence-corrected chi connectivity index (χ3v) is 2.95. The topological polar surface area (TPSA) is 35.3 Å². The van der Waals surface area contributed by atoms with Gasteiger partial charge in [-0.1, -0.05) is 47.6 Å². The van der Waals surface area contributed by atoms with E-state index in [9.17, 15) is 0 Å². The van der Waals surface area contributed by atoms with Crippen LogP contribution in [-0.2, 0) is 0 Å². The molecule has 0 fully saturated rings. The first kappa shape index (κ1) is 11.5. The summed E-state index contributed by atoms with van der Waals surface area (Å²) in [4.78, 5) is 0. The Kier molecular flexibility index (Phi) is 3.02. The number of benzene rings is 2.